The second-order valence-corrected chi connectivity index (χ2v) is 9.65. The van der Waals surface area contributed by atoms with Crippen LogP contribution in [-0.2, 0) is 16.1 Å². The lowest BCUT2D eigenvalue weighted by atomic mass is 10.1. The molecule has 0 aliphatic rings. The van der Waals surface area contributed by atoms with Crippen LogP contribution < -0.4 is 10.9 Å². The molecule has 0 radical (unpaired) electrons. The van der Waals surface area contributed by atoms with Gasteiger partial charge in [-0.1, -0.05) is 61.2 Å². The van der Waals surface area contributed by atoms with E-state index in [0.717, 1.165) is 17.5 Å². The molecule has 0 atom stereocenters. The van der Waals surface area contributed by atoms with Gasteiger partial charge < -0.3 is 10.1 Å². The van der Waals surface area contributed by atoms with Gasteiger partial charge in [-0.05, 0) is 30.2 Å². The number of aromatic nitrogens is 2. The number of carbonyl (C=O) groups is 2. The number of amides is 1. The highest BCUT2D eigenvalue weighted by molar-refractivity contribution is 7.99. The second kappa shape index (κ2) is 11.8. The van der Waals surface area contributed by atoms with E-state index in [1.807, 2.05) is 42.6 Å². The van der Waals surface area contributed by atoms with Crippen molar-refractivity contribution in [1.82, 2.24) is 9.55 Å². The highest BCUT2D eigenvalue weighted by Gasteiger charge is 2.18. The molecule has 0 aliphatic carbocycles. The molecule has 0 aliphatic heterocycles. The van der Waals surface area contributed by atoms with Crippen molar-refractivity contribution in [3.05, 3.63) is 88.5 Å². The van der Waals surface area contributed by atoms with Crippen LogP contribution in [0.3, 0.4) is 0 Å². The fourth-order valence-corrected chi connectivity index (χ4v) is 5.36. The number of nitrogens with zero attached hydrogens (tertiary/aromatic N) is 2. The molecule has 0 bridgehead atoms. The molecular formula is C27H25N3O4S2. The largest absolute Gasteiger partial charge is 0.462 e. The number of benzene rings is 2. The average molecular weight is 520 g/mol. The van der Waals surface area contributed by atoms with Crippen LogP contribution in [-0.4, -0.2) is 33.8 Å². The zero-order valence-electron chi connectivity index (χ0n) is 19.7. The Balaban J connectivity index is 1.53. The molecule has 36 heavy (non-hydrogen) atoms. The van der Waals surface area contributed by atoms with Gasteiger partial charge in [0.05, 0.1) is 23.3 Å². The van der Waals surface area contributed by atoms with Crippen LogP contribution in [0.4, 0.5) is 5.69 Å². The number of hydrogen-bond acceptors (Lipinski definition) is 7. The number of ether oxygens (including phenoxy) is 1. The average Bonchev–Trinajstić information content (AvgIpc) is 3.33. The molecule has 0 fully saturated rings. The first-order chi connectivity index (χ1) is 17.5. The minimum atomic E-state index is -0.431. The van der Waals surface area contributed by atoms with Crippen LogP contribution in [0.15, 0.2) is 82.6 Å². The molecule has 9 heteroatoms. The molecule has 4 rings (SSSR count). The molecule has 184 valence electrons. The monoisotopic (exact) mass is 519 g/mol. The van der Waals surface area contributed by atoms with E-state index in [9.17, 15) is 14.4 Å². The first-order valence-corrected chi connectivity index (χ1v) is 13.3. The summed E-state index contributed by atoms with van der Waals surface area (Å²) in [6.45, 7) is 6.30. The Bertz CT molecular complexity index is 1460. The fourth-order valence-electron chi connectivity index (χ4n) is 3.57. The Kier molecular flexibility index (Phi) is 8.35. The summed E-state index contributed by atoms with van der Waals surface area (Å²) in [5.74, 6) is -0.676. The van der Waals surface area contributed by atoms with Crippen LogP contribution in [0.5, 0.6) is 0 Å². The Morgan fingerprint density at radius 3 is 2.75 bits per heavy atom. The third-order valence-electron chi connectivity index (χ3n) is 5.21. The molecule has 0 saturated heterocycles. The zero-order valence-corrected chi connectivity index (χ0v) is 21.4. The number of nitrogens with one attached hydrogen (secondary N) is 1. The SMILES string of the molecule is C=CCn1c(SCC(=O)Nc2cccc(C(=O)OCCC)c2)nc2scc(-c3ccccc3)c2c1=O. The standard InChI is InChI=1S/C27H25N3O4S2/c1-3-13-30-25(32)23-21(18-9-6-5-7-10-18)16-35-24(23)29-27(30)36-17-22(31)28-20-12-8-11-19(15-20)26(33)34-14-4-2/h3,5-12,15-16H,1,4,13-14,17H2,2H3,(H,28,31). The highest BCUT2D eigenvalue weighted by Crippen LogP contribution is 2.32. The van der Waals surface area contributed by atoms with Gasteiger partial charge >= 0.3 is 5.97 Å². The lowest BCUT2D eigenvalue weighted by molar-refractivity contribution is -0.113. The molecule has 7 nitrogen and oxygen atoms in total. The number of thioether (sulfide) groups is 1. The fraction of sp³-hybridized carbons (Fsp3) is 0.185. The summed E-state index contributed by atoms with van der Waals surface area (Å²) in [5.41, 5.74) is 2.49. The molecule has 0 spiro atoms. The number of hydrogen-bond donors (Lipinski definition) is 1. The van der Waals surface area contributed by atoms with Crippen LogP contribution >= 0.6 is 23.1 Å². The van der Waals surface area contributed by atoms with E-state index < -0.39 is 5.97 Å². The van der Waals surface area contributed by atoms with Crippen molar-refractivity contribution in [2.45, 2.75) is 25.0 Å². The molecule has 2 aromatic heterocycles. The molecular weight excluding hydrogens is 494 g/mol. The van der Waals surface area contributed by atoms with Crippen molar-refractivity contribution in [3.8, 4) is 11.1 Å². The number of allylic oxidation sites excluding steroid dienone is 1. The van der Waals surface area contributed by atoms with Gasteiger partial charge in [-0.25, -0.2) is 9.78 Å². The van der Waals surface area contributed by atoms with Crippen molar-refractivity contribution in [3.63, 3.8) is 0 Å². The highest BCUT2D eigenvalue weighted by atomic mass is 32.2. The van der Waals surface area contributed by atoms with Crippen LogP contribution in [0.25, 0.3) is 21.3 Å². The normalized spacial score (nSPS) is 10.8. The van der Waals surface area contributed by atoms with E-state index >= 15 is 0 Å². The second-order valence-electron chi connectivity index (χ2n) is 7.85. The maximum Gasteiger partial charge on any atom is 0.338 e. The molecule has 1 amide bonds. The maximum absolute atomic E-state index is 13.4. The quantitative estimate of drug-likeness (QED) is 0.127. The molecule has 4 aromatic rings. The van der Waals surface area contributed by atoms with Crippen molar-refractivity contribution >= 4 is 50.9 Å². The van der Waals surface area contributed by atoms with E-state index in [4.69, 9.17) is 9.72 Å². The first kappa shape index (κ1) is 25.4. The molecule has 0 unspecified atom stereocenters. The Labute approximate surface area is 216 Å². The van der Waals surface area contributed by atoms with Gasteiger partial charge in [-0.15, -0.1) is 17.9 Å². The third kappa shape index (κ3) is 5.75. The number of thiophene rings is 1. The number of anilines is 1. The number of fused-ring (bicyclic) bond motifs is 1. The van der Waals surface area contributed by atoms with E-state index in [2.05, 4.69) is 11.9 Å². The van der Waals surface area contributed by atoms with Crippen molar-refractivity contribution < 1.29 is 14.3 Å². The predicted octanol–water partition coefficient (Wildman–Crippen LogP) is 5.61. The summed E-state index contributed by atoms with van der Waals surface area (Å²) in [4.78, 5) is 43.5. The number of esters is 1. The van der Waals surface area contributed by atoms with Gasteiger partial charge in [-0.3, -0.25) is 14.2 Å². The van der Waals surface area contributed by atoms with E-state index in [1.54, 1.807) is 30.3 Å². The molecule has 2 heterocycles. The van der Waals surface area contributed by atoms with Crippen molar-refractivity contribution in [2.75, 3.05) is 17.7 Å². The molecule has 1 N–H and O–H groups in total. The Hall–Kier alpha value is -3.69. The summed E-state index contributed by atoms with van der Waals surface area (Å²) in [6.07, 6.45) is 2.37. The van der Waals surface area contributed by atoms with Gasteiger partial charge in [0.1, 0.15) is 4.83 Å². The van der Waals surface area contributed by atoms with Gasteiger partial charge in [0.15, 0.2) is 5.16 Å². The lowest BCUT2D eigenvalue weighted by Gasteiger charge is -2.11. The Morgan fingerprint density at radius 2 is 2.00 bits per heavy atom. The van der Waals surface area contributed by atoms with Gasteiger partial charge in [0, 0.05) is 23.2 Å². The third-order valence-corrected chi connectivity index (χ3v) is 7.06. The minimum absolute atomic E-state index is 0.0382. The van der Waals surface area contributed by atoms with Crippen molar-refractivity contribution in [2.24, 2.45) is 0 Å². The van der Waals surface area contributed by atoms with Gasteiger partial charge in [-0.2, -0.15) is 0 Å². The summed E-state index contributed by atoms with van der Waals surface area (Å²) in [7, 11) is 0. The minimum Gasteiger partial charge on any atom is -0.462 e. The van der Waals surface area contributed by atoms with Crippen LogP contribution in [0, 0.1) is 0 Å². The topological polar surface area (TPSA) is 90.3 Å². The molecule has 0 saturated carbocycles. The Morgan fingerprint density at radius 1 is 1.19 bits per heavy atom. The maximum atomic E-state index is 13.4. The summed E-state index contributed by atoms with van der Waals surface area (Å²) < 4.78 is 6.69. The van der Waals surface area contributed by atoms with E-state index in [1.165, 1.54) is 27.7 Å². The van der Waals surface area contributed by atoms with Gasteiger partial charge in [0.25, 0.3) is 5.56 Å². The zero-order chi connectivity index (χ0) is 25.5. The van der Waals surface area contributed by atoms with Gasteiger partial charge in [0.2, 0.25) is 5.91 Å². The van der Waals surface area contributed by atoms with E-state index in [-0.39, 0.29) is 23.8 Å². The van der Waals surface area contributed by atoms with Crippen molar-refractivity contribution in [1.29, 1.82) is 0 Å². The smallest absolute Gasteiger partial charge is 0.338 e. The summed E-state index contributed by atoms with van der Waals surface area (Å²) in [6, 6.07) is 16.3. The lowest BCUT2D eigenvalue weighted by Crippen LogP contribution is -2.23. The van der Waals surface area contributed by atoms with Crippen LogP contribution in [0.2, 0.25) is 0 Å². The number of rotatable bonds is 10. The predicted molar refractivity (Wildman–Crippen MR) is 146 cm³/mol. The molecule has 2 aromatic carbocycles. The summed E-state index contributed by atoms with van der Waals surface area (Å²) in [5, 5.41) is 5.74. The first-order valence-electron chi connectivity index (χ1n) is 11.4. The summed E-state index contributed by atoms with van der Waals surface area (Å²) >= 11 is 2.58. The number of carbonyl (C=O) groups excluding carboxylic acids is 2. The van der Waals surface area contributed by atoms with Crippen LogP contribution in [0.1, 0.15) is 23.7 Å². The van der Waals surface area contributed by atoms with E-state index in [0.29, 0.717) is 33.2 Å².